The van der Waals surface area contributed by atoms with E-state index >= 15 is 0 Å². The zero-order valence-electron chi connectivity index (χ0n) is 15.0. The van der Waals surface area contributed by atoms with Crippen LogP contribution in [0.2, 0.25) is 0 Å². The Hall–Kier alpha value is -2.80. The number of nitrogens with one attached hydrogen (secondary N) is 1. The van der Waals surface area contributed by atoms with Crippen LogP contribution in [0.15, 0.2) is 65.6 Å². The van der Waals surface area contributed by atoms with Gasteiger partial charge in [-0.1, -0.05) is 39.0 Å². The van der Waals surface area contributed by atoms with Gasteiger partial charge in [-0.3, -0.25) is 4.72 Å². The Morgan fingerprint density at radius 1 is 1.00 bits per heavy atom. The Morgan fingerprint density at radius 3 is 2.19 bits per heavy atom. The number of nitrogen functional groups attached to an aromatic ring is 1. The highest BCUT2D eigenvalue weighted by atomic mass is 32.2. The molecule has 0 aliphatic heterocycles. The molecule has 0 saturated carbocycles. The lowest BCUT2D eigenvalue weighted by atomic mass is 9.92. The minimum Gasteiger partial charge on any atom is -0.399 e. The van der Waals surface area contributed by atoms with Crippen LogP contribution in [-0.2, 0) is 15.4 Å². The standard InChI is InChI=1S/C19H22N4O2S/c1-19(2,3)17-13-18(23(21-17)15-7-5-4-6-8-15)22-26(24,25)16-11-9-14(20)10-12-16/h4-13,22H,20H2,1-3H3. The molecule has 0 radical (unpaired) electrons. The van der Waals surface area contributed by atoms with Gasteiger partial charge in [-0.2, -0.15) is 5.10 Å². The van der Waals surface area contributed by atoms with E-state index in [1.165, 1.54) is 12.1 Å². The number of nitrogens with two attached hydrogens (primary N) is 1. The molecule has 6 nitrogen and oxygen atoms in total. The van der Waals surface area contributed by atoms with Crippen LogP contribution in [0.3, 0.4) is 0 Å². The van der Waals surface area contributed by atoms with Crippen molar-refractivity contribution in [1.29, 1.82) is 0 Å². The Labute approximate surface area is 153 Å². The molecular formula is C19H22N4O2S. The Balaban J connectivity index is 2.06. The molecule has 0 aliphatic rings. The molecule has 7 heteroatoms. The Bertz CT molecular complexity index is 1000. The summed E-state index contributed by atoms with van der Waals surface area (Å²) in [6.45, 7) is 6.09. The van der Waals surface area contributed by atoms with E-state index in [1.807, 2.05) is 51.1 Å². The lowest BCUT2D eigenvalue weighted by Crippen LogP contribution is -2.16. The number of para-hydroxylation sites is 1. The van der Waals surface area contributed by atoms with Gasteiger partial charge < -0.3 is 5.73 Å². The number of aromatic nitrogens is 2. The second kappa shape index (κ2) is 6.49. The highest BCUT2D eigenvalue weighted by molar-refractivity contribution is 7.92. The zero-order valence-corrected chi connectivity index (χ0v) is 15.8. The zero-order chi connectivity index (χ0) is 18.9. The topological polar surface area (TPSA) is 90.0 Å². The number of hydrogen-bond acceptors (Lipinski definition) is 4. The van der Waals surface area contributed by atoms with E-state index in [0.29, 0.717) is 11.5 Å². The van der Waals surface area contributed by atoms with Crippen molar-refractivity contribution in [2.24, 2.45) is 0 Å². The fraction of sp³-hybridized carbons (Fsp3) is 0.211. The van der Waals surface area contributed by atoms with Crippen LogP contribution in [0.5, 0.6) is 0 Å². The summed E-state index contributed by atoms with van der Waals surface area (Å²) in [7, 11) is -3.76. The summed E-state index contributed by atoms with van der Waals surface area (Å²) in [5, 5.41) is 4.61. The lowest BCUT2D eigenvalue weighted by molar-refractivity contribution is 0.560. The predicted octanol–water partition coefficient (Wildman–Crippen LogP) is 3.55. The quantitative estimate of drug-likeness (QED) is 0.687. The summed E-state index contributed by atoms with van der Waals surface area (Å²) in [6.07, 6.45) is 0. The molecule has 0 bridgehead atoms. The first-order chi connectivity index (χ1) is 12.2. The van der Waals surface area contributed by atoms with Crippen molar-refractivity contribution in [2.45, 2.75) is 31.1 Å². The van der Waals surface area contributed by atoms with Crippen molar-refractivity contribution in [3.8, 4) is 5.69 Å². The van der Waals surface area contributed by atoms with Gasteiger partial charge in [0.25, 0.3) is 10.0 Å². The number of hydrogen-bond donors (Lipinski definition) is 2. The maximum atomic E-state index is 12.8. The smallest absolute Gasteiger partial charge is 0.263 e. The van der Waals surface area contributed by atoms with Crippen molar-refractivity contribution >= 4 is 21.5 Å². The van der Waals surface area contributed by atoms with E-state index in [9.17, 15) is 8.42 Å². The molecule has 2 aromatic carbocycles. The first kappa shape index (κ1) is 18.0. The minimum atomic E-state index is -3.76. The molecule has 3 N–H and O–H groups in total. The van der Waals surface area contributed by atoms with Crippen molar-refractivity contribution in [1.82, 2.24) is 9.78 Å². The van der Waals surface area contributed by atoms with Crippen LogP contribution >= 0.6 is 0 Å². The Kier molecular flexibility index (Phi) is 4.50. The molecule has 1 heterocycles. The van der Waals surface area contributed by atoms with Crippen LogP contribution in [0.1, 0.15) is 26.5 Å². The van der Waals surface area contributed by atoms with Gasteiger partial charge >= 0.3 is 0 Å². The normalized spacial score (nSPS) is 12.1. The molecule has 0 unspecified atom stereocenters. The number of anilines is 2. The van der Waals surface area contributed by atoms with Crippen molar-refractivity contribution in [2.75, 3.05) is 10.5 Å². The van der Waals surface area contributed by atoms with E-state index in [0.717, 1.165) is 11.4 Å². The van der Waals surface area contributed by atoms with Crippen LogP contribution in [0, 0.1) is 0 Å². The van der Waals surface area contributed by atoms with Gasteiger partial charge in [-0.05, 0) is 36.4 Å². The molecule has 0 saturated heterocycles. The number of rotatable bonds is 4. The summed E-state index contributed by atoms with van der Waals surface area (Å²) < 4.78 is 29.8. The largest absolute Gasteiger partial charge is 0.399 e. The number of nitrogens with zero attached hydrogens (tertiary/aromatic N) is 2. The molecule has 3 aromatic rings. The molecule has 0 aliphatic carbocycles. The summed E-state index contributed by atoms with van der Waals surface area (Å²) in [4.78, 5) is 0.143. The van der Waals surface area contributed by atoms with Crippen molar-refractivity contribution < 1.29 is 8.42 Å². The second-order valence-electron chi connectivity index (χ2n) is 7.09. The third-order valence-electron chi connectivity index (χ3n) is 3.91. The maximum Gasteiger partial charge on any atom is 0.263 e. The van der Waals surface area contributed by atoms with Crippen molar-refractivity contribution in [3.63, 3.8) is 0 Å². The fourth-order valence-electron chi connectivity index (χ4n) is 2.43. The van der Waals surface area contributed by atoms with Gasteiger partial charge in [0.15, 0.2) is 0 Å². The predicted molar refractivity (Wildman–Crippen MR) is 104 cm³/mol. The van der Waals surface area contributed by atoms with Crippen LogP contribution < -0.4 is 10.5 Å². The summed E-state index contributed by atoms with van der Waals surface area (Å²) in [6, 6.07) is 17.3. The average Bonchev–Trinajstić information content (AvgIpc) is 2.99. The van der Waals surface area contributed by atoms with Gasteiger partial charge in [-0.15, -0.1) is 0 Å². The van der Waals surface area contributed by atoms with Crippen LogP contribution in [-0.4, -0.2) is 18.2 Å². The van der Waals surface area contributed by atoms with Gasteiger partial charge in [-0.25, -0.2) is 13.1 Å². The molecule has 0 fully saturated rings. The molecular weight excluding hydrogens is 348 g/mol. The highest BCUT2D eigenvalue weighted by Gasteiger charge is 2.23. The molecule has 136 valence electrons. The highest BCUT2D eigenvalue weighted by Crippen LogP contribution is 2.27. The number of sulfonamides is 1. The van der Waals surface area contributed by atoms with Gasteiger partial charge in [0.2, 0.25) is 0 Å². The monoisotopic (exact) mass is 370 g/mol. The molecule has 0 spiro atoms. The van der Waals surface area contributed by atoms with E-state index < -0.39 is 10.0 Å². The molecule has 0 atom stereocenters. The third kappa shape index (κ3) is 3.72. The van der Waals surface area contributed by atoms with E-state index in [-0.39, 0.29) is 10.3 Å². The fourth-order valence-corrected chi connectivity index (χ4v) is 3.46. The van der Waals surface area contributed by atoms with E-state index in [2.05, 4.69) is 9.82 Å². The first-order valence-electron chi connectivity index (χ1n) is 8.21. The van der Waals surface area contributed by atoms with Crippen LogP contribution in [0.4, 0.5) is 11.5 Å². The molecule has 1 aromatic heterocycles. The summed E-state index contributed by atoms with van der Waals surface area (Å²) in [5.74, 6) is 0.387. The van der Waals surface area contributed by atoms with Gasteiger partial charge in [0, 0.05) is 17.2 Å². The van der Waals surface area contributed by atoms with E-state index in [4.69, 9.17) is 5.73 Å². The van der Waals surface area contributed by atoms with Gasteiger partial charge in [0.05, 0.1) is 16.3 Å². The van der Waals surface area contributed by atoms with Crippen molar-refractivity contribution in [3.05, 3.63) is 66.4 Å². The van der Waals surface area contributed by atoms with Crippen LogP contribution in [0.25, 0.3) is 5.69 Å². The molecule has 0 amide bonds. The number of benzene rings is 2. The van der Waals surface area contributed by atoms with E-state index in [1.54, 1.807) is 22.9 Å². The third-order valence-corrected chi connectivity index (χ3v) is 5.28. The maximum absolute atomic E-state index is 12.8. The first-order valence-corrected chi connectivity index (χ1v) is 9.69. The molecule has 26 heavy (non-hydrogen) atoms. The SMILES string of the molecule is CC(C)(C)c1cc(NS(=O)(=O)c2ccc(N)cc2)n(-c2ccccc2)n1. The second-order valence-corrected chi connectivity index (χ2v) is 8.77. The molecule has 3 rings (SSSR count). The summed E-state index contributed by atoms with van der Waals surface area (Å²) in [5.41, 5.74) is 7.50. The average molecular weight is 370 g/mol. The summed E-state index contributed by atoms with van der Waals surface area (Å²) >= 11 is 0. The lowest BCUT2D eigenvalue weighted by Gasteiger charge is -2.14. The minimum absolute atomic E-state index is 0.143. The van der Waals surface area contributed by atoms with Gasteiger partial charge in [0.1, 0.15) is 5.82 Å². The Morgan fingerprint density at radius 2 is 1.62 bits per heavy atom.